The van der Waals surface area contributed by atoms with Crippen LogP contribution in [0.15, 0.2) is 24.0 Å². The summed E-state index contributed by atoms with van der Waals surface area (Å²) in [6.45, 7) is 9.74. The van der Waals surface area contributed by atoms with Crippen LogP contribution in [0.3, 0.4) is 0 Å². The second kappa shape index (κ2) is 18.0. The number of aliphatic hydroxyl groups is 1. The van der Waals surface area contributed by atoms with Crippen LogP contribution in [0.2, 0.25) is 0 Å². The molecule has 5 rings (SSSR count). The van der Waals surface area contributed by atoms with Gasteiger partial charge in [0.05, 0.1) is 11.0 Å². The van der Waals surface area contributed by atoms with Crippen LogP contribution in [0.25, 0.3) is 0 Å². The Morgan fingerprint density at radius 3 is 2.13 bits per heavy atom. The maximum absolute atomic E-state index is 13.4. The Bertz CT molecular complexity index is 1470. The topological polar surface area (TPSA) is 121 Å². The van der Waals surface area contributed by atoms with Crippen molar-refractivity contribution in [2.45, 2.75) is 191 Å². The molecule has 1 N–H and O–H groups in total. The number of rotatable bonds is 20. The summed E-state index contributed by atoms with van der Waals surface area (Å²) in [5.74, 6) is -0.313. The fourth-order valence-corrected chi connectivity index (χ4v) is 9.01. The van der Waals surface area contributed by atoms with Gasteiger partial charge in [0, 0.05) is 24.4 Å². The van der Waals surface area contributed by atoms with E-state index in [9.17, 15) is 19.5 Å². The molecule has 1 unspecified atom stereocenters. The molecule has 4 aliphatic rings. The minimum Gasteiger partial charge on any atom is -0.477 e. The van der Waals surface area contributed by atoms with Crippen LogP contribution >= 0.6 is 0 Å². The third kappa shape index (κ3) is 9.41. The summed E-state index contributed by atoms with van der Waals surface area (Å²) in [7, 11) is 2.01. The highest BCUT2D eigenvalue weighted by Crippen LogP contribution is 2.65. The monoisotopic (exact) mass is 739 g/mol. The molecule has 1 fully saturated rings. The molecule has 2 bridgehead atoms. The van der Waals surface area contributed by atoms with Crippen LogP contribution in [0.1, 0.15) is 161 Å². The van der Waals surface area contributed by atoms with Crippen LogP contribution in [-0.4, -0.2) is 71.1 Å². The van der Waals surface area contributed by atoms with Crippen molar-refractivity contribution in [1.29, 1.82) is 0 Å². The van der Waals surface area contributed by atoms with Gasteiger partial charge >= 0.3 is 18.1 Å². The summed E-state index contributed by atoms with van der Waals surface area (Å²) in [5, 5.41) is 12.5. The minimum absolute atomic E-state index is 0.188. The molecular formula is C43H65NO9. The molecule has 2 aliphatic heterocycles. The van der Waals surface area contributed by atoms with E-state index in [2.05, 4.69) is 11.8 Å². The van der Waals surface area contributed by atoms with Gasteiger partial charge < -0.3 is 33.7 Å². The van der Waals surface area contributed by atoms with Gasteiger partial charge in [-0.2, -0.15) is 0 Å². The lowest BCUT2D eigenvalue weighted by molar-refractivity contribution is -0.175. The Hall–Kier alpha value is -3.11. The molecule has 2 heterocycles. The normalized spacial score (nSPS) is 24.8. The van der Waals surface area contributed by atoms with Gasteiger partial charge in [-0.05, 0) is 78.3 Å². The number of likely N-dealkylation sites (tertiary alicyclic amines) is 1. The van der Waals surface area contributed by atoms with Crippen molar-refractivity contribution in [3.05, 3.63) is 35.1 Å². The number of hydrogen-bond acceptors (Lipinski definition) is 10. The molecule has 1 saturated heterocycles. The van der Waals surface area contributed by atoms with Crippen LogP contribution in [0.4, 0.5) is 4.79 Å². The van der Waals surface area contributed by atoms with Crippen molar-refractivity contribution in [1.82, 2.24) is 4.90 Å². The van der Waals surface area contributed by atoms with Crippen LogP contribution in [-0.2, 0) is 35.6 Å². The molecule has 0 aromatic heterocycles. The first kappa shape index (κ1) is 41.1. The van der Waals surface area contributed by atoms with Gasteiger partial charge in [-0.15, -0.1) is 0 Å². The van der Waals surface area contributed by atoms with Crippen LogP contribution < -0.4 is 9.47 Å². The summed E-state index contributed by atoms with van der Waals surface area (Å²) < 4.78 is 29.1. The number of benzene rings is 1. The Balaban J connectivity index is 1.10. The Morgan fingerprint density at radius 2 is 1.53 bits per heavy atom. The van der Waals surface area contributed by atoms with Crippen molar-refractivity contribution >= 4 is 18.1 Å². The van der Waals surface area contributed by atoms with E-state index in [4.69, 9.17) is 23.7 Å². The second-order valence-electron chi connectivity index (χ2n) is 16.9. The predicted molar refractivity (Wildman–Crippen MR) is 203 cm³/mol. The lowest BCUT2D eigenvalue weighted by atomic mass is 9.50. The van der Waals surface area contributed by atoms with Gasteiger partial charge in [-0.1, -0.05) is 103 Å². The molecule has 0 saturated carbocycles. The zero-order valence-corrected chi connectivity index (χ0v) is 33.3. The molecule has 1 spiro atoms. The first-order chi connectivity index (χ1) is 25.3. The summed E-state index contributed by atoms with van der Waals surface area (Å²) >= 11 is 0. The van der Waals surface area contributed by atoms with Crippen molar-refractivity contribution in [3.8, 4) is 11.5 Å². The first-order valence-corrected chi connectivity index (χ1v) is 20.6. The average Bonchev–Trinajstić information content (AvgIpc) is 3.45. The molecule has 5 atom stereocenters. The van der Waals surface area contributed by atoms with Gasteiger partial charge in [0.2, 0.25) is 0 Å². The number of carbonyl (C=O) groups excluding carboxylic acids is 3. The lowest BCUT2D eigenvalue weighted by Crippen LogP contribution is -2.74. The highest BCUT2D eigenvalue weighted by Gasteiger charge is 2.72. The number of piperidine rings is 1. The van der Waals surface area contributed by atoms with Gasteiger partial charge in [0.15, 0.2) is 23.7 Å². The number of likely N-dealkylation sites (N-methyl/N-ethyl adjacent to an activating group) is 1. The number of unbranched alkanes of at least 4 members (excludes halogenated alkanes) is 14. The maximum atomic E-state index is 13.4. The Labute approximate surface area is 317 Å². The standard InChI is InChI=1S/C43H65NO9/c1-7-8-9-10-11-12-13-14-15-16-17-18-19-20-21-22-35(45)49-30(2)39(46)50-33-25-26-43(48)34-29-31-23-24-32(51-40(47)53-41(3,4)5)37-36(31)42(43,38(33)52-37)27-28-44(34)6/h23-25,30,34,38,48H,7-22,26-29H2,1-6H3/t30?,34-,38+,42+,43-/m1/s1. The number of nitrogens with zero attached hydrogens (tertiary/aromatic N) is 1. The minimum atomic E-state index is -1.21. The Morgan fingerprint density at radius 1 is 0.925 bits per heavy atom. The molecule has 1 aromatic rings. The van der Waals surface area contributed by atoms with E-state index < -0.39 is 46.9 Å². The molecule has 10 heteroatoms. The van der Waals surface area contributed by atoms with Gasteiger partial charge in [0.25, 0.3) is 0 Å². The molecular weight excluding hydrogens is 674 g/mol. The van der Waals surface area contributed by atoms with E-state index in [-0.39, 0.29) is 30.4 Å². The summed E-state index contributed by atoms with van der Waals surface area (Å²) in [6.07, 6.45) is 19.2. The molecule has 296 valence electrons. The summed E-state index contributed by atoms with van der Waals surface area (Å²) in [6, 6.07) is 3.43. The SMILES string of the molecule is CCCCCCCCCCCCCCCCCC(=O)OC(C)C(=O)OC1=CC[C@@]2(O)[C@H]3Cc4ccc(OC(=O)OC(C)(C)C)c5c4[C@@]2(CCN3C)[C@H]1O5. The van der Waals surface area contributed by atoms with E-state index in [1.807, 2.05) is 13.1 Å². The molecule has 0 radical (unpaired) electrons. The summed E-state index contributed by atoms with van der Waals surface area (Å²) in [5.41, 5.74) is -1.11. The van der Waals surface area contributed by atoms with Crippen LogP contribution in [0.5, 0.6) is 11.5 Å². The quantitative estimate of drug-likeness (QED) is 0.0600. The third-order valence-electron chi connectivity index (χ3n) is 11.8. The number of ether oxygens (including phenoxy) is 5. The molecule has 0 amide bonds. The predicted octanol–water partition coefficient (Wildman–Crippen LogP) is 9.01. The molecule has 53 heavy (non-hydrogen) atoms. The van der Waals surface area contributed by atoms with Gasteiger partial charge in [0.1, 0.15) is 11.4 Å². The van der Waals surface area contributed by atoms with E-state index in [0.717, 1.165) is 30.4 Å². The van der Waals surface area contributed by atoms with Crippen molar-refractivity contribution in [3.63, 3.8) is 0 Å². The fourth-order valence-electron chi connectivity index (χ4n) is 9.01. The smallest absolute Gasteiger partial charge is 0.477 e. The Kier molecular flexibility index (Phi) is 14.0. The highest BCUT2D eigenvalue weighted by atomic mass is 16.7. The molecule has 2 aliphatic carbocycles. The van der Waals surface area contributed by atoms with E-state index >= 15 is 0 Å². The van der Waals surface area contributed by atoms with Crippen molar-refractivity contribution < 1.29 is 43.2 Å². The van der Waals surface area contributed by atoms with Gasteiger partial charge in [-0.3, -0.25) is 4.79 Å². The van der Waals surface area contributed by atoms with E-state index in [1.165, 1.54) is 84.0 Å². The third-order valence-corrected chi connectivity index (χ3v) is 11.8. The second-order valence-corrected chi connectivity index (χ2v) is 16.9. The zero-order chi connectivity index (χ0) is 38.2. The number of carbonyl (C=O) groups is 3. The largest absolute Gasteiger partial charge is 0.514 e. The first-order valence-electron chi connectivity index (χ1n) is 20.6. The average molecular weight is 740 g/mol. The fraction of sp³-hybridized carbons (Fsp3) is 0.744. The van der Waals surface area contributed by atoms with E-state index in [0.29, 0.717) is 25.1 Å². The van der Waals surface area contributed by atoms with Crippen molar-refractivity contribution in [2.24, 2.45) is 0 Å². The number of esters is 2. The number of hydrogen-bond donors (Lipinski definition) is 1. The summed E-state index contributed by atoms with van der Waals surface area (Å²) in [4.78, 5) is 41.0. The zero-order valence-electron chi connectivity index (χ0n) is 33.3. The molecule has 1 aromatic carbocycles. The lowest BCUT2D eigenvalue weighted by Gasteiger charge is -2.61. The van der Waals surface area contributed by atoms with Crippen LogP contribution in [0, 0.1) is 0 Å². The molecule has 10 nitrogen and oxygen atoms in total. The maximum Gasteiger partial charge on any atom is 0.514 e. The van der Waals surface area contributed by atoms with Gasteiger partial charge in [-0.25, -0.2) is 9.59 Å². The van der Waals surface area contributed by atoms with E-state index in [1.54, 1.807) is 32.9 Å². The highest BCUT2D eigenvalue weighted by molar-refractivity contribution is 5.80. The van der Waals surface area contributed by atoms with Crippen molar-refractivity contribution in [2.75, 3.05) is 13.6 Å².